The van der Waals surface area contributed by atoms with Crippen LogP contribution < -0.4 is 5.32 Å². The molecule has 0 aromatic rings. The molecular formula is C15H30N2O. The van der Waals surface area contributed by atoms with Gasteiger partial charge in [0.15, 0.2) is 0 Å². The van der Waals surface area contributed by atoms with Crippen molar-refractivity contribution in [1.82, 2.24) is 10.2 Å². The number of aliphatic hydroxyl groups is 1. The van der Waals surface area contributed by atoms with E-state index < -0.39 is 5.60 Å². The van der Waals surface area contributed by atoms with Crippen molar-refractivity contribution in [2.24, 2.45) is 5.92 Å². The van der Waals surface area contributed by atoms with Gasteiger partial charge in [-0.05, 0) is 45.6 Å². The fraction of sp³-hybridized carbons (Fsp3) is 1.00. The fourth-order valence-corrected chi connectivity index (χ4v) is 3.55. The van der Waals surface area contributed by atoms with Crippen LogP contribution in [0.5, 0.6) is 0 Å². The third-order valence-electron chi connectivity index (χ3n) is 4.74. The SMILES string of the molecule is CC1CCCC(O)(CNC2CCN(C(C)C)C2)C1. The Morgan fingerprint density at radius 2 is 2.17 bits per heavy atom. The van der Waals surface area contributed by atoms with E-state index in [4.69, 9.17) is 0 Å². The third kappa shape index (κ3) is 3.69. The van der Waals surface area contributed by atoms with Crippen molar-refractivity contribution in [3.05, 3.63) is 0 Å². The molecular weight excluding hydrogens is 224 g/mol. The lowest BCUT2D eigenvalue weighted by atomic mass is 9.79. The Morgan fingerprint density at radius 1 is 1.39 bits per heavy atom. The second-order valence-corrected chi connectivity index (χ2v) is 6.88. The number of nitrogens with zero attached hydrogens (tertiary/aromatic N) is 1. The van der Waals surface area contributed by atoms with E-state index in [9.17, 15) is 5.11 Å². The summed E-state index contributed by atoms with van der Waals surface area (Å²) in [5.41, 5.74) is -0.442. The summed E-state index contributed by atoms with van der Waals surface area (Å²) in [6, 6.07) is 1.23. The van der Waals surface area contributed by atoms with Crippen LogP contribution in [-0.2, 0) is 0 Å². The van der Waals surface area contributed by atoms with E-state index >= 15 is 0 Å². The number of likely N-dealkylation sites (tertiary alicyclic amines) is 1. The Balaban J connectivity index is 1.74. The summed E-state index contributed by atoms with van der Waals surface area (Å²) in [6.45, 7) is 9.92. The Hall–Kier alpha value is -0.120. The van der Waals surface area contributed by atoms with Crippen LogP contribution in [0.3, 0.4) is 0 Å². The van der Waals surface area contributed by atoms with Crippen LogP contribution >= 0.6 is 0 Å². The average Bonchev–Trinajstić information content (AvgIpc) is 2.75. The van der Waals surface area contributed by atoms with Gasteiger partial charge >= 0.3 is 0 Å². The Morgan fingerprint density at radius 3 is 2.78 bits per heavy atom. The van der Waals surface area contributed by atoms with Gasteiger partial charge in [0, 0.05) is 25.2 Å². The first kappa shape index (κ1) is 14.3. The molecule has 2 fully saturated rings. The van der Waals surface area contributed by atoms with Gasteiger partial charge in [0.05, 0.1) is 5.60 Å². The van der Waals surface area contributed by atoms with Crippen LogP contribution in [0.1, 0.15) is 52.9 Å². The molecule has 0 aromatic heterocycles. The largest absolute Gasteiger partial charge is 0.389 e. The molecule has 0 radical (unpaired) electrons. The van der Waals surface area contributed by atoms with Crippen LogP contribution in [0.25, 0.3) is 0 Å². The van der Waals surface area contributed by atoms with Crippen LogP contribution in [0, 0.1) is 5.92 Å². The standard InChI is InChI=1S/C15H30N2O/c1-12(2)17-8-6-14(10-17)16-11-15(18)7-4-5-13(3)9-15/h12-14,16,18H,4-11H2,1-3H3. The molecule has 2 rings (SSSR count). The molecule has 0 aromatic carbocycles. The molecule has 1 aliphatic heterocycles. The molecule has 106 valence electrons. The predicted molar refractivity (Wildman–Crippen MR) is 75.7 cm³/mol. The Kier molecular flexibility index (Phi) is 4.68. The number of hydrogen-bond donors (Lipinski definition) is 2. The molecule has 1 saturated carbocycles. The van der Waals surface area contributed by atoms with Crippen molar-refractivity contribution < 1.29 is 5.11 Å². The zero-order valence-electron chi connectivity index (χ0n) is 12.3. The topological polar surface area (TPSA) is 35.5 Å². The second-order valence-electron chi connectivity index (χ2n) is 6.88. The Bertz CT molecular complexity index is 269. The Labute approximate surface area is 112 Å². The van der Waals surface area contributed by atoms with Crippen molar-refractivity contribution in [3.8, 4) is 0 Å². The number of rotatable bonds is 4. The lowest BCUT2D eigenvalue weighted by Gasteiger charge is -2.36. The number of hydrogen-bond acceptors (Lipinski definition) is 3. The van der Waals surface area contributed by atoms with E-state index in [1.165, 1.54) is 25.8 Å². The van der Waals surface area contributed by atoms with Crippen molar-refractivity contribution in [1.29, 1.82) is 0 Å². The summed E-state index contributed by atoms with van der Waals surface area (Å²) in [5.74, 6) is 0.682. The van der Waals surface area contributed by atoms with Crippen LogP contribution in [0.15, 0.2) is 0 Å². The maximum atomic E-state index is 10.6. The number of nitrogens with one attached hydrogen (secondary N) is 1. The van der Waals surface area contributed by atoms with Crippen LogP contribution in [0.2, 0.25) is 0 Å². The minimum atomic E-state index is -0.442. The normalized spacial score (nSPS) is 38.5. The molecule has 0 amide bonds. The van der Waals surface area contributed by atoms with Gasteiger partial charge in [-0.15, -0.1) is 0 Å². The quantitative estimate of drug-likeness (QED) is 0.805. The molecule has 0 bridgehead atoms. The van der Waals surface area contributed by atoms with E-state index in [1.54, 1.807) is 0 Å². The van der Waals surface area contributed by atoms with Crippen molar-refractivity contribution in [2.75, 3.05) is 19.6 Å². The molecule has 2 aliphatic rings. The summed E-state index contributed by atoms with van der Waals surface area (Å²) in [5, 5.41) is 14.2. The van der Waals surface area contributed by atoms with Crippen LogP contribution in [-0.4, -0.2) is 47.3 Å². The molecule has 18 heavy (non-hydrogen) atoms. The van der Waals surface area contributed by atoms with Crippen LogP contribution in [0.4, 0.5) is 0 Å². The maximum absolute atomic E-state index is 10.6. The summed E-state index contributed by atoms with van der Waals surface area (Å²) in [6.07, 6.45) is 5.64. The summed E-state index contributed by atoms with van der Waals surface area (Å²) >= 11 is 0. The molecule has 1 aliphatic carbocycles. The van der Waals surface area contributed by atoms with Gasteiger partial charge in [0.1, 0.15) is 0 Å². The van der Waals surface area contributed by atoms with Crippen molar-refractivity contribution >= 4 is 0 Å². The smallest absolute Gasteiger partial charge is 0.0774 e. The highest BCUT2D eigenvalue weighted by molar-refractivity contribution is 4.90. The zero-order valence-corrected chi connectivity index (χ0v) is 12.3. The fourth-order valence-electron chi connectivity index (χ4n) is 3.55. The minimum absolute atomic E-state index is 0.442. The predicted octanol–water partition coefficient (Wildman–Crippen LogP) is 2.00. The van der Waals surface area contributed by atoms with E-state index in [0.29, 0.717) is 18.0 Å². The average molecular weight is 254 g/mol. The highest BCUT2D eigenvalue weighted by Gasteiger charge is 2.34. The molecule has 3 unspecified atom stereocenters. The summed E-state index contributed by atoms with van der Waals surface area (Å²) in [4.78, 5) is 2.52. The summed E-state index contributed by atoms with van der Waals surface area (Å²) in [7, 11) is 0. The van der Waals surface area contributed by atoms with E-state index in [-0.39, 0.29) is 0 Å². The first-order valence-corrected chi connectivity index (χ1v) is 7.68. The molecule has 3 heteroatoms. The zero-order chi connectivity index (χ0) is 13.2. The molecule has 3 atom stereocenters. The summed E-state index contributed by atoms with van der Waals surface area (Å²) < 4.78 is 0. The monoisotopic (exact) mass is 254 g/mol. The van der Waals surface area contributed by atoms with Gasteiger partial charge in [-0.1, -0.05) is 19.8 Å². The van der Waals surface area contributed by atoms with Gasteiger partial charge in [-0.25, -0.2) is 0 Å². The maximum Gasteiger partial charge on any atom is 0.0774 e. The first-order chi connectivity index (χ1) is 8.48. The highest BCUT2D eigenvalue weighted by Crippen LogP contribution is 2.31. The van der Waals surface area contributed by atoms with E-state index in [2.05, 4.69) is 31.0 Å². The lowest BCUT2D eigenvalue weighted by Crippen LogP contribution is -2.47. The minimum Gasteiger partial charge on any atom is -0.389 e. The third-order valence-corrected chi connectivity index (χ3v) is 4.74. The first-order valence-electron chi connectivity index (χ1n) is 7.68. The van der Waals surface area contributed by atoms with Gasteiger partial charge in [0.2, 0.25) is 0 Å². The lowest BCUT2D eigenvalue weighted by molar-refractivity contribution is -0.0135. The molecule has 1 saturated heterocycles. The molecule has 2 N–H and O–H groups in total. The molecule has 3 nitrogen and oxygen atoms in total. The van der Waals surface area contributed by atoms with Gasteiger partial charge in [-0.2, -0.15) is 0 Å². The highest BCUT2D eigenvalue weighted by atomic mass is 16.3. The van der Waals surface area contributed by atoms with Gasteiger partial charge in [-0.3, -0.25) is 4.90 Å². The van der Waals surface area contributed by atoms with Crippen molar-refractivity contribution in [3.63, 3.8) is 0 Å². The second kappa shape index (κ2) is 5.89. The van der Waals surface area contributed by atoms with Gasteiger partial charge in [0.25, 0.3) is 0 Å². The molecule has 1 heterocycles. The van der Waals surface area contributed by atoms with E-state index in [0.717, 1.165) is 25.9 Å². The van der Waals surface area contributed by atoms with Crippen molar-refractivity contribution in [2.45, 2.75) is 70.6 Å². The van der Waals surface area contributed by atoms with E-state index in [1.807, 2.05) is 0 Å². The molecule has 0 spiro atoms. The van der Waals surface area contributed by atoms with Gasteiger partial charge < -0.3 is 10.4 Å².